The quantitative estimate of drug-likeness (QED) is 0.377. The first kappa shape index (κ1) is 27.8. The van der Waals surface area contributed by atoms with Crippen molar-refractivity contribution in [2.75, 3.05) is 26.4 Å². The highest BCUT2D eigenvalue weighted by Crippen LogP contribution is 2.25. The molecule has 0 fully saturated rings. The number of aryl methyl sites for hydroxylation is 2. The van der Waals surface area contributed by atoms with Gasteiger partial charge in [-0.1, -0.05) is 27.7 Å². The lowest BCUT2D eigenvalue weighted by molar-refractivity contribution is 0.0257. The van der Waals surface area contributed by atoms with Crippen LogP contribution in [0.2, 0.25) is 0 Å². The van der Waals surface area contributed by atoms with Gasteiger partial charge in [0.2, 0.25) is 11.8 Å². The minimum atomic E-state index is -0.216. The van der Waals surface area contributed by atoms with Crippen LogP contribution in [0.25, 0.3) is 0 Å². The summed E-state index contributed by atoms with van der Waals surface area (Å²) in [4.78, 5) is 24.6. The third-order valence-corrected chi connectivity index (χ3v) is 6.12. The van der Waals surface area contributed by atoms with Crippen molar-refractivity contribution in [3.8, 4) is 11.8 Å². The maximum absolute atomic E-state index is 12.3. The largest absolute Gasteiger partial charge is 0.493 e. The highest BCUT2D eigenvalue weighted by molar-refractivity contribution is 5.06. The first-order chi connectivity index (χ1) is 15.9. The van der Waals surface area contributed by atoms with Gasteiger partial charge in [-0.2, -0.15) is 0 Å². The second-order valence-electron chi connectivity index (χ2n) is 10.3. The summed E-state index contributed by atoms with van der Waals surface area (Å²) in [7, 11) is 0. The molecule has 2 aromatic heterocycles. The van der Waals surface area contributed by atoms with E-state index in [1.165, 1.54) is 30.7 Å². The molecule has 2 rings (SSSR count). The molecule has 2 heterocycles. The zero-order chi connectivity index (χ0) is 25.5. The van der Waals surface area contributed by atoms with Crippen LogP contribution >= 0.6 is 0 Å². The summed E-state index contributed by atoms with van der Waals surface area (Å²) in [5.74, 6) is -0.0274. The van der Waals surface area contributed by atoms with Crippen LogP contribution in [0.5, 0.6) is 11.8 Å². The molecule has 0 spiro atoms. The van der Waals surface area contributed by atoms with Crippen LogP contribution in [0.15, 0.2) is 22.0 Å². The second kappa shape index (κ2) is 11.8. The highest BCUT2D eigenvalue weighted by atomic mass is 16.5. The van der Waals surface area contributed by atoms with E-state index in [0.29, 0.717) is 52.6 Å². The van der Waals surface area contributed by atoms with E-state index in [1.807, 2.05) is 41.5 Å². The molecule has 0 saturated heterocycles. The average molecular weight is 483 g/mol. The molecule has 2 N–H and O–H groups in total. The molecule has 0 aliphatic heterocycles. The van der Waals surface area contributed by atoms with Gasteiger partial charge in [-0.3, -0.25) is 18.3 Å². The van der Waals surface area contributed by atoms with Crippen molar-refractivity contribution in [1.29, 1.82) is 0 Å². The second-order valence-corrected chi connectivity index (χ2v) is 10.3. The summed E-state index contributed by atoms with van der Waals surface area (Å²) in [5.41, 5.74) is -0.833. The summed E-state index contributed by atoms with van der Waals surface area (Å²) in [6.45, 7) is 15.8. The molecule has 0 radical (unpaired) electrons. The van der Waals surface area contributed by atoms with Gasteiger partial charge in [0.25, 0.3) is 0 Å². The number of nitrogens with zero attached hydrogens (tertiary/aromatic N) is 4. The van der Waals surface area contributed by atoms with Crippen molar-refractivity contribution in [2.24, 2.45) is 10.8 Å². The lowest BCUT2D eigenvalue weighted by Gasteiger charge is -2.25. The van der Waals surface area contributed by atoms with Crippen LogP contribution in [0.3, 0.4) is 0 Å². The van der Waals surface area contributed by atoms with E-state index in [9.17, 15) is 19.8 Å². The molecule has 0 saturated carbocycles. The molecular formula is C24H42N4O6. The van der Waals surface area contributed by atoms with Crippen LogP contribution in [-0.4, -0.2) is 54.9 Å². The average Bonchev–Trinajstić information content (AvgIpc) is 3.19. The fourth-order valence-electron chi connectivity index (χ4n) is 3.82. The number of hydrogen-bond donors (Lipinski definition) is 2. The maximum atomic E-state index is 12.3. The van der Waals surface area contributed by atoms with E-state index in [1.54, 1.807) is 0 Å². The topological polar surface area (TPSA) is 113 Å². The van der Waals surface area contributed by atoms with E-state index in [0.717, 1.165) is 12.8 Å². The predicted molar refractivity (Wildman–Crippen MR) is 130 cm³/mol. The van der Waals surface area contributed by atoms with Crippen molar-refractivity contribution in [2.45, 2.75) is 80.6 Å². The molecule has 0 aromatic carbocycles. The van der Waals surface area contributed by atoms with Gasteiger partial charge in [0.05, 0.1) is 25.6 Å². The van der Waals surface area contributed by atoms with Crippen molar-refractivity contribution in [3.63, 3.8) is 0 Å². The Bertz CT molecular complexity index is 945. The zero-order valence-corrected chi connectivity index (χ0v) is 21.5. The molecule has 194 valence electrons. The van der Waals surface area contributed by atoms with Crippen LogP contribution in [0, 0.1) is 10.8 Å². The fourth-order valence-corrected chi connectivity index (χ4v) is 3.82. The SMILES string of the molecule is CCn1cc(O)n(CC(C)(C)CCOCCOCCC(C)(C)Cn2c(O)cn(CC)c2=O)c1=O. The number of imidazole rings is 2. The molecule has 0 atom stereocenters. The van der Waals surface area contributed by atoms with Gasteiger partial charge < -0.3 is 19.7 Å². The molecule has 2 aromatic rings. The molecule has 10 heteroatoms. The van der Waals surface area contributed by atoms with Crippen LogP contribution < -0.4 is 11.4 Å². The minimum Gasteiger partial charge on any atom is -0.493 e. The van der Waals surface area contributed by atoms with E-state index in [-0.39, 0.29) is 34.0 Å². The Hall–Kier alpha value is -2.46. The van der Waals surface area contributed by atoms with Gasteiger partial charge in [-0.05, 0) is 37.5 Å². The van der Waals surface area contributed by atoms with Gasteiger partial charge >= 0.3 is 11.4 Å². The first-order valence-corrected chi connectivity index (χ1v) is 12.0. The Morgan fingerprint density at radius 3 is 1.35 bits per heavy atom. The third-order valence-electron chi connectivity index (χ3n) is 6.12. The van der Waals surface area contributed by atoms with E-state index in [4.69, 9.17) is 9.47 Å². The lowest BCUT2D eigenvalue weighted by atomic mass is 9.89. The van der Waals surface area contributed by atoms with Crippen molar-refractivity contribution in [3.05, 3.63) is 33.4 Å². The summed E-state index contributed by atoms with van der Waals surface area (Å²) in [5, 5.41) is 20.1. The predicted octanol–water partition coefficient (Wildman–Crippen LogP) is 2.63. The molecule has 34 heavy (non-hydrogen) atoms. The number of ether oxygens (including phenoxy) is 2. The molecule has 0 amide bonds. The summed E-state index contributed by atoms with van der Waals surface area (Å²) in [6, 6.07) is 0. The Morgan fingerprint density at radius 1 is 0.706 bits per heavy atom. The molecule has 0 bridgehead atoms. The molecule has 0 aliphatic rings. The van der Waals surface area contributed by atoms with Crippen LogP contribution in [0.4, 0.5) is 0 Å². The smallest absolute Gasteiger partial charge is 0.331 e. The van der Waals surface area contributed by atoms with Gasteiger partial charge in [0.15, 0.2) is 0 Å². The monoisotopic (exact) mass is 482 g/mol. The Kier molecular flexibility index (Phi) is 9.64. The number of hydrogen-bond acceptors (Lipinski definition) is 6. The zero-order valence-electron chi connectivity index (χ0n) is 21.5. The number of aromatic hydroxyl groups is 2. The van der Waals surface area contributed by atoms with Crippen molar-refractivity contribution < 1.29 is 19.7 Å². The van der Waals surface area contributed by atoms with Crippen LogP contribution in [-0.2, 0) is 35.7 Å². The van der Waals surface area contributed by atoms with Crippen molar-refractivity contribution >= 4 is 0 Å². The first-order valence-electron chi connectivity index (χ1n) is 12.0. The number of aromatic nitrogens is 4. The Balaban J connectivity index is 1.66. The van der Waals surface area contributed by atoms with E-state index >= 15 is 0 Å². The van der Waals surface area contributed by atoms with Gasteiger partial charge in [0, 0.05) is 39.4 Å². The van der Waals surface area contributed by atoms with Gasteiger partial charge in [-0.15, -0.1) is 0 Å². The highest BCUT2D eigenvalue weighted by Gasteiger charge is 2.23. The maximum Gasteiger partial charge on any atom is 0.331 e. The summed E-state index contributed by atoms with van der Waals surface area (Å²) in [6.07, 6.45) is 4.41. The molecule has 10 nitrogen and oxygen atoms in total. The molecule has 0 aliphatic carbocycles. The van der Waals surface area contributed by atoms with Crippen LogP contribution in [0.1, 0.15) is 54.4 Å². The standard InChI is InChI=1S/C24H42N4O6/c1-7-25-15-19(29)27(21(25)31)17-23(3,4)9-11-33-13-14-34-12-10-24(5,6)18-28-20(30)16-26(8-2)22(28)32/h15-16,29-30H,7-14,17-18H2,1-6H3. The van der Waals surface area contributed by atoms with E-state index < -0.39 is 0 Å². The normalized spacial score (nSPS) is 12.5. The van der Waals surface area contributed by atoms with Gasteiger partial charge in [0.1, 0.15) is 0 Å². The Labute approximate surface area is 201 Å². The number of rotatable bonds is 15. The van der Waals surface area contributed by atoms with Crippen molar-refractivity contribution in [1.82, 2.24) is 18.3 Å². The summed E-state index contributed by atoms with van der Waals surface area (Å²) >= 11 is 0. The Morgan fingerprint density at radius 2 is 1.06 bits per heavy atom. The van der Waals surface area contributed by atoms with E-state index in [2.05, 4.69) is 0 Å². The minimum absolute atomic E-state index is 0.0137. The summed E-state index contributed by atoms with van der Waals surface area (Å²) < 4.78 is 17.2. The molecular weight excluding hydrogens is 440 g/mol. The fraction of sp³-hybridized carbons (Fsp3) is 0.750. The third kappa shape index (κ3) is 7.53. The van der Waals surface area contributed by atoms with Gasteiger partial charge in [-0.25, -0.2) is 9.59 Å². The lowest BCUT2D eigenvalue weighted by Crippen LogP contribution is -2.31. The molecule has 0 unspecified atom stereocenters.